The van der Waals surface area contributed by atoms with Gasteiger partial charge in [-0.1, -0.05) is 74.4 Å². The monoisotopic (exact) mass is 396 g/mol. The van der Waals surface area contributed by atoms with E-state index in [0.717, 1.165) is 5.92 Å². The van der Waals surface area contributed by atoms with Crippen LogP contribution in [0.3, 0.4) is 0 Å². The van der Waals surface area contributed by atoms with Crippen LogP contribution in [-0.4, -0.2) is 8.80 Å². The first-order chi connectivity index (χ1) is 13.7. The minimum absolute atomic E-state index is 0.137. The molecule has 152 valence electrons. The molecule has 0 atom stereocenters. The molecule has 0 radical (unpaired) electrons. The minimum atomic E-state index is -0.386. The summed E-state index contributed by atoms with van der Waals surface area (Å²) in [5.74, 6) is 8.63. The highest BCUT2D eigenvalue weighted by atomic mass is 28.3. The summed E-state index contributed by atoms with van der Waals surface area (Å²) < 4.78 is 13.1. The Bertz CT molecular complexity index is 650. The van der Waals surface area contributed by atoms with Crippen LogP contribution in [0, 0.1) is 29.5 Å². The van der Waals surface area contributed by atoms with E-state index >= 15 is 0 Å². The number of halogens is 1. The average Bonchev–Trinajstić information content (AvgIpc) is 2.73. The first kappa shape index (κ1) is 21.4. The van der Waals surface area contributed by atoms with Crippen LogP contribution < -0.4 is 0 Å². The van der Waals surface area contributed by atoms with Crippen LogP contribution in [0.25, 0.3) is 0 Å². The van der Waals surface area contributed by atoms with E-state index in [9.17, 15) is 4.39 Å². The lowest BCUT2D eigenvalue weighted by atomic mass is 9.79. The van der Waals surface area contributed by atoms with Gasteiger partial charge in [0, 0.05) is 14.7 Å². The number of hydrogen-bond donors (Lipinski definition) is 0. The van der Waals surface area contributed by atoms with Crippen LogP contribution in [0.1, 0.15) is 76.2 Å². The van der Waals surface area contributed by atoms with Crippen molar-refractivity contribution >= 4 is 8.80 Å². The summed E-state index contributed by atoms with van der Waals surface area (Å²) in [4.78, 5) is 0. The van der Waals surface area contributed by atoms with Crippen LogP contribution in [0.5, 0.6) is 0 Å². The molecule has 0 nitrogen and oxygen atoms in total. The Morgan fingerprint density at radius 3 is 2.39 bits per heavy atom. The third kappa shape index (κ3) is 6.93. The van der Waals surface area contributed by atoms with Crippen molar-refractivity contribution in [2.24, 2.45) is 11.8 Å². The number of allylic oxidation sites excluding steroid dienone is 2. The summed E-state index contributed by atoms with van der Waals surface area (Å²) in [5, 5.41) is 0. The Kier molecular flexibility index (Phi) is 8.87. The second kappa shape index (κ2) is 11.6. The van der Waals surface area contributed by atoms with Gasteiger partial charge in [0.1, 0.15) is 5.82 Å². The molecular weight excluding hydrogens is 359 g/mol. The molecule has 2 aliphatic rings. The summed E-state index contributed by atoms with van der Waals surface area (Å²) in [6.07, 6.45) is 16.4. The fourth-order valence-electron chi connectivity index (χ4n) is 5.01. The Balaban J connectivity index is 1.35. The zero-order valence-electron chi connectivity index (χ0n) is 17.6. The lowest BCUT2D eigenvalue weighted by Gasteiger charge is -2.26. The predicted octanol–water partition coefficient (Wildman–Crippen LogP) is 7.49. The SMILES string of the molecule is CCCCC[Si@H]1CC[C@H](C=CC#C[C@H]2CC[C@H](c3ccc(F)cc3)CC2)CC1. The number of unbranched alkanes of at least 4 members (excludes halogenated alkanes) is 2. The van der Waals surface area contributed by atoms with Gasteiger partial charge < -0.3 is 0 Å². The van der Waals surface area contributed by atoms with E-state index in [1.807, 2.05) is 12.1 Å². The smallest absolute Gasteiger partial charge is 0.123 e. The fourth-order valence-corrected chi connectivity index (χ4v) is 8.54. The second-order valence-electron chi connectivity index (χ2n) is 9.02. The van der Waals surface area contributed by atoms with Crippen molar-refractivity contribution in [2.75, 3.05) is 0 Å². The maximum absolute atomic E-state index is 13.1. The van der Waals surface area contributed by atoms with Gasteiger partial charge in [-0.25, -0.2) is 4.39 Å². The van der Waals surface area contributed by atoms with Crippen molar-refractivity contribution in [3.8, 4) is 11.8 Å². The lowest BCUT2D eigenvalue weighted by Crippen LogP contribution is -2.20. The molecule has 0 aromatic heterocycles. The van der Waals surface area contributed by atoms with E-state index in [4.69, 9.17) is 0 Å². The van der Waals surface area contributed by atoms with Crippen LogP contribution in [0.15, 0.2) is 36.4 Å². The molecule has 1 aliphatic carbocycles. The number of rotatable bonds is 6. The van der Waals surface area contributed by atoms with E-state index in [1.54, 1.807) is 30.3 Å². The van der Waals surface area contributed by atoms with E-state index < -0.39 is 0 Å². The molecule has 1 aromatic carbocycles. The molecule has 0 unspecified atom stereocenters. The molecular formula is C26H37FSi. The van der Waals surface area contributed by atoms with Gasteiger partial charge in [0.05, 0.1) is 0 Å². The topological polar surface area (TPSA) is 0 Å². The van der Waals surface area contributed by atoms with Gasteiger partial charge in [-0.3, -0.25) is 0 Å². The van der Waals surface area contributed by atoms with E-state index in [1.165, 1.54) is 63.4 Å². The zero-order valence-corrected chi connectivity index (χ0v) is 18.8. The Labute approximate surface area is 173 Å². The van der Waals surface area contributed by atoms with Crippen LogP contribution in [-0.2, 0) is 0 Å². The molecule has 1 aliphatic heterocycles. The normalized spacial score (nSPS) is 28.1. The van der Waals surface area contributed by atoms with Crippen LogP contribution in [0.4, 0.5) is 4.39 Å². The molecule has 0 N–H and O–H groups in total. The Morgan fingerprint density at radius 2 is 1.71 bits per heavy atom. The molecule has 2 fully saturated rings. The summed E-state index contributed by atoms with van der Waals surface area (Å²) in [5.41, 5.74) is 1.29. The van der Waals surface area contributed by atoms with Gasteiger partial charge in [0.15, 0.2) is 0 Å². The summed E-state index contributed by atoms with van der Waals surface area (Å²) in [7, 11) is -0.386. The second-order valence-corrected chi connectivity index (χ2v) is 12.5. The summed E-state index contributed by atoms with van der Waals surface area (Å²) in [6, 6.07) is 11.8. The van der Waals surface area contributed by atoms with Gasteiger partial charge in [-0.2, -0.15) is 0 Å². The minimum Gasteiger partial charge on any atom is -0.207 e. The van der Waals surface area contributed by atoms with E-state index in [-0.39, 0.29) is 14.6 Å². The maximum atomic E-state index is 13.1. The molecule has 1 saturated heterocycles. The quantitative estimate of drug-likeness (QED) is 0.265. The predicted molar refractivity (Wildman–Crippen MR) is 122 cm³/mol. The van der Waals surface area contributed by atoms with Crippen molar-refractivity contribution in [3.63, 3.8) is 0 Å². The first-order valence-electron chi connectivity index (χ1n) is 11.7. The van der Waals surface area contributed by atoms with Gasteiger partial charge in [-0.15, -0.1) is 0 Å². The highest BCUT2D eigenvalue weighted by Gasteiger charge is 2.21. The molecule has 1 saturated carbocycles. The van der Waals surface area contributed by atoms with Gasteiger partial charge >= 0.3 is 0 Å². The van der Waals surface area contributed by atoms with Crippen molar-refractivity contribution in [1.29, 1.82) is 0 Å². The summed E-state index contributed by atoms with van der Waals surface area (Å²) in [6.45, 7) is 2.31. The number of benzene rings is 1. The zero-order chi connectivity index (χ0) is 19.6. The first-order valence-corrected chi connectivity index (χ1v) is 14.1. The fraction of sp³-hybridized carbons (Fsp3) is 0.615. The van der Waals surface area contributed by atoms with Crippen LogP contribution >= 0.6 is 0 Å². The van der Waals surface area contributed by atoms with Crippen molar-refractivity contribution in [1.82, 2.24) is 0 Å². The standard InChI is InChI=1S/C26H37FSi/c1-2-3-6-19-28-20-17-23(18-21-28)8-5-4-7-22-9-11-24(12-10-22)25-13-15-26(27)16-14-25/h5,8,13-16,22-24,28H,2-3,6,9-12,17-21H2,1H3/t22-,23-,24-,28-. The molecule has 28 heavy (non-hydrogen) atoms. The molecule has 2 heteroatoms. The Morgan fingerprint density at radius 1 is 1.00 bits per heavy atom. The van der Waals surface area contributed by atoms with Gasteiger partial charge in [0.2, 0.25) is 0 Å². The third-order valence-electron chi connectivity index (χ3n) is 6.92. The van der Waals surface area contributed by atoms with Gasteiger partial charge in [0.25, 0.3) is 0 Å². The van der Waals surface area contributed by atoms with Crippen LogP contribution in [0.2, 0.25) is 18.1 Å². The Hall–Kier alpha value is -1.33. The van der Waals surface area contributed by atoms with E-state index in [2.05, 4.69) is 30.9 Å². The van der Waals surface area contributed by atoms with Crippen molar-refractivity contribution in [3.05, 3.63) is 47.8 Å². The van der Waals surface area contributed by atoms with Gasteiger partial charge in [-0.05, 0) is 74.1 Å². The van der Waals surface area contributed by atoms with Crippen molar-refractivity contribution < 1.29 is 4.39 Å². The lowest BCUT2D eigenvalue weighted by molar-refractivity contribution is 0.384. The molecule has 0 bridgehead atoms. The molecule has 0 amide bonds. The molecule has 3 rings (SSSR count). The average molecular weight is 397 g/mol. The molecule has 0 spiro atoms. The number of hydrogen-bond acceptors (Lipinski definition) is 0. The summed E-state index contributed by atoms with van der Waals surface area (Å²) >= 11 is 0. The highest BCUT2D eigenvalue weighted by molar-refractivity contribution is 6.58. The largest absolute Gasteiger partial charge is 0.207 e. The third-order valence-corrected chi connectivity index (χ3v) is 10.4. The van der Waals surface area contributed by atoms with E-state index in [0.29, 0.717) is 11.8 Å². The molecule has 1 aromatic rings. The maximum Gasteiger partial charge on any atom is 0.123 e. The molecule has 1 heterocycles. The highest BCUT2D eigenvalue weighted by Crippen LogP contribution is 2.35. The van der Waals surface area contributed by atoms with Crippen molar-refractivity contribution in [2.45, 2.75) is 88.8 Å².